The molecular formula is C13H10ClNO3. The smallest absolute Gasteiger partial charge is 0.337 e. The van der Waals surface area contributed by atoms with Gasteiger partial charge in [0.2, 0.25) is 5.88 Å². The zero-order valence-electron chi connectivity index (χ0n) is 9.55. The molecule has 1 aromatic heterocycles. The standard InChI is InChI=1S/C13H10ClNO3/c1-8-6-9(13(16)17)7-15-12(8)18-11-4-2-10(14)3-5-11/h2-7H,1H3,(H,16,17). The van der Waals surface area contributed by atoms with Gasteiger partial charge in [0.15, 0.2) is 0 Å². The molecule has 92 valence electrons. The molecule has 0 spiro atoms. The van der Waals surface area contributed by atoms with Gasteiger partial charge in [-0.2, -0.15) is 0 Å². The predicted octanol–water partition coefficient (Wildman–Crippen LogP) is 3.53. The van der Waals surface area contributed by atoms with Crippen LogP contribution in [-0.2, 0) is 0 Å². The Morgan fingerprint density at radius 3 is 2.56 bits per heavy atom. The molecule has 2 rings (SSSR count). The summed E-state index contributed by atoms with van der Waals surface area (Å²) in [6.07, 6.45) is 1.26. The number of aromatic carboxylic acids is 1. The Labute approximate surface area is 109 Å². The van der Waals surface area contributed by atoms with E-state index in [1.54, 1.807) is 31.2 Å². The summed E-state index contributed by atoms with van der Waals surface area (Å²) in [6.45, 7) is 1.74. The van der Waals surface area contributed by atoms with Gasteiger partial charge in [-0.3, -0.25) is 0 Å². The van der Waals surface area contributed by atoms with Crippen LogP contribution < -0.4 is 4.74 Å². The van der Waals surface area contributed by atoms with E-state index in [0.717, 1.165) is 0 Å². The van der Waals surface area contributed by atoms with Crippen molar-refractivity contribution >= 4 is 17.6 Å². The Bertz CT molecular complexity index is 581. The molecule has 0 unspecified atom stereocenters. The average molecular weight is 264 g/mol. The third kappa shape index (κ3) is 2.78. The molecule has 0 atom stereocenters. The maximum Gasteiger partial charge on any atom is 0.337 e. The summed E-state index contributed by atoms with van der Waals surface area (Å²) in [4.78, 5) is 14.7. The minimum atomic E-state index is -1.01. The summed E-state index contributed by atoms with van der Waals surface area (Å²) in [5, 5.41) is 9.44. The highest BCUT2D eigenvalue weighted by molar-refractivity contribution is 6.30. The van der Waals surface area contributed by atoms with Crippen molar-refractivity contribution in [3.8, 4) is 11.6 Å². The molecule has 1 heterocycles. The van der Waals surface area contributed by atoms with Crippen molar-refractivity contribution in [3.63, 3.8) is 0 Å². The van der Waals surface area contributed by atoms with E-state index in [0.29, 0.717) is 22.2 Å². The Morgan fingerprint density at radius 2 is 2.00 bits per heavy atom. The number of carboxylic acid groups (broad SMARTS) is 1. The maximum absolute atomic E-state index is 10.8. The van der Waals surface area contributed by atoms with Gasteiger partial charge in [0, 0.05) is 16.8 Å². The zero-order valence-corrected chi connectivity index (χ0v) is 10.3. The molecule has 0 bridgehead atoms. The van der Waals surface area contributed by atoms with Crippen LogP contribution in [-0.4, -0.2) is 16.1 Å². The zero-order chi connectivity index (χ0) is 13.1. The number of nitrogens with zero attached hydrogens (tertiary/aromatic N) is 1. The molecular weight excluding hydrogens is 254 g/mol. The van der Waals surface area contributed by atoms with Crippen molar-refractivity contribution in [3.05, 3.63) is 52.7 Å². The number of aromatic nitrogens is 1. The first kappa shape index (κ1) is 12.4. The van der Waals surface area contributed by atoms with Gasteiger partial charge in [0.1, 0.15) is 5.75 Å². The number of carbonyl (C=O) groups is 1. The van der Waals surface area contributed by atoms with Crippen LogP contribution in [0.1, 0.15) is 15.9 Å². The number of hydrogen-bond donors (Lipinski definition) is 1. The minimum absolute atomic E-state index is 0.135. The summed E-state index contributed by atoms with van der Waals surface area (Å²) in [5.41, 5.74) is 0.792. The number of pyridine rings is 1. The highest BCUT2D eigenvalue weighted by atomic mass is 35.5. The van der Waals surface area contributed by atoms with Crippen LogP contribution >= 0.6 is 11.6 Å². The third-order valence-electron chi connectivity index (χ3n) is 2.31. The lowest BCUT2D eigenvalue weighted by Crippen LogP contribution is -1.99. The number of ether oxygens (including phenoxy) is 1. The van der Waals surface area contributed by atoms with Gasteiger partial charge in [-0.15, -0.1) is 0 Å². The highest BCUT2D eigenvalue weighted by Gasteiger charge is 2.08. The van der Waals surface area contributed by atoms with Crippen molar-refractivity contribution in [1.82, 2.24) is 4.98 Å². The van der Waals surface area contributed by atoms with Crippen LogP contribution in [0.4, 0.5) is 0 Å². The molecule has 0 aliphatic rings. The van der Waals surface area contributed by atoms with Crippen molar-refractivity contribution in [2.45, 2.75) is 6.92 Å². The number of hydrogen-bond acceptors (Lipinski definition) is 3. The molecule has 0 saturated heterocycles. The fourth-order valence-corrected chi connectivity index (χ4v) is 1.53. The predicted molar refractivity (Wildman–Crippen MR) is 67.5 cm³/mol. The van der Waals surface area contributed by atoms with Gasteiger partial charge < -0.3 is 9.84 Å². The summed E-state index contributed by atoms with van der Waals surface area (Å²) < 4.78 is 5.54. The molecule has 5 heteroatoms. The number of aryl methyl sites for hydroxylation is 1. The number of carboxylic acids is 1. The van der Waals surface area contributed by atoms with Crippen LogP contribution in [0.3, 0.4) is 0 Å². The molecule has 4 nitrogen and oxygen atoms in total. The first-order valence-corrected chi connectivity index (χ1v) is 5.57. The second-order valence-corrected chi connectivity index (χ2v) is 4.14. The second kappa shape index (κ2) is 5.06. The molecule has 0 aliphatic carbocycles. The molecule has 18 heavy (non-hydrogen) atoms. The Morgan fingerprint density at radius 1 is 1.33 bits per heavy atom. The molecule has 0 aliphatic heterocycles. The fraction of sp³-hybridized carbons (Fsp3) is 0.0769. The Balaban J connectivity index is 2.24. The van der Waals surface area contributed by atoms with Gasteiger partial charge in [-0.05, 0) is 37.3 Å². The van der Waals surface area contributed by atoms with Crippen LogP contribution in [0.25, 0.3) is 0 Å². The molecule has 2 aromatic rings. The van der Waals surface area contributed by atoms with E-state index in [2.05, 4.69) is 4.98 Å². The summed E-state index contributed by atoms with van der Waals surface area (Å²) in [7, 11) is 0. The fourth-order valence-electron chi connectivity index (χ4n) is 1.40. The normalized spacial score (nSPS) is 10.1. The summed E-state index contributed by atoms with van der Waals surface area (Å²) >= 11 is 5.77. The van der Waals surface area contributed by atoms with Gasteiger partial charge in [-0.1, -0.05) is 11.6 Å². The SMILES string of the molecule is Cc1cc(C(=O)O)cnc1Oc1ccc(Cl)cc1. The van der Waals surface area contributed by atoms with E-state index in [9.17, 15) is 4.79 Å². The summed E-state index contributed by atoms with van der Waals surface area (Å²) in [5.74, 6) is -0.0379. The molecule has 0 radical (unpaired) electrons. The summed E-state index contributed by atoms with van der Waals surface area (Å²) in [6, 6.07) is 8.36. The van der Waals surface area contributed by atoms with Gasteiger partial charge in [-0.25, -0.2) is 9.78 Å². The first-order valence-electron chi connectivity index (χ1n) is 5.19. The van der Waals surface area contributed by atoms with Crippen LogP contribution in [0.2, 0.25) is 5.02 Å². The molecule has 0 amide bonds. The largest absolute Gasteiger partial charge is 0.478 e. The molecule has 0 saturated carbocycles. The van der Waals surface area contributed by atoms with Crippen molar-refractivity contribution in [2.75, 3.05) is 0 Å². The van der Waals surface area contributed by atoms with E-state index in [1.165, 1.54) is 12.3 Å². The maximum atomic E-state index is 10.8. The van der Waals surface area contributed by atoms with Gasteiger partial charge in [0.05, 0.1) is 5.56 Å². The van der Waals surface area contributed by atoms with Gasteiger partial charge >= 0.3 is 5.97 Å². The Hall–Kier alpha value is -2.07. The first-order chi connectivity index (χ1) is 8.56. The van der Waals surface area contributed by atoms with E-state index in [-0.39, 0.29) is 5.56 Å². The number of halogens is 1. The quantitative estimate of drug-likeness (QED) is 0.920. The number of rotatable bonds is 3. The van der Waals surface area contributed by atoms with Crippen LogP contribution in [0.15, 0.2) is 36.5 Å². The van der Waals surface area contributed by atoms with E-state index < -0.39 is 5.97 Å². The lowest BCUT2D eigenvalue weighted by Gasteiger charge is -2.07. The van der Waals surface area contributed by atoms with E-state index in [1.807, 2.05) is 0 Å². The lowest BCUT2D eigenvalue weighted by atomic mass is 10.2. The van der Waals surface area contributed by atoms with Crippen LogP contribution in [0, 0.1) is 6.92 Å². The van der Waals surface area contributed by atoms with Gasteiger partial charge in [0.25, 0.3) is 0 Å². The van der Waals surface area contributed by atoms with Crippen molar-refractivity contribution < 1.29 is 14.6 Å². The number of benzene rings is 1. The average Bonchev–Trinajstić information content (AvgIpc) is 2.34. The minimum Gasteiger partial charge on any atom is -0.478 e. The third-order valence-corrected chi connectivity index (χ3v) is 2.56. The Kier molecular flexibility index (Phi) is 3.48. The van der Waals surface area contributed by atoms with Crippen LogP contribution in [0.5, 0.6) is 11.6 Å². The monoisotopic (exact) mass is 263 g/mol. The molecule has 1 N–H and O–H groups in total. The van der Waals surface area contributed by atoms with E-state index in [4.69, 9.17) is 21.4 Å². The van der Waals surface area contributed by atoms with Crippen molar-refractivity contribution in [1.29, 1.82) is 0 Å². The molecule has 0 fully saturated rings. The topological polar surface area (TPSA) is 59.4 Å². The van der Waals surface area contributed by atoms with Crippen molar-refractivity contribution in [2.24, 2.45) is 0 Å². The highest BCUT2D eigenvalue weighted by Crippen LogP contribution is 2.24. The molecule has 1 aromatic carbocycles. The van der Waals surface area contributed by atoms with E-state index >= 15 is 0 Å². The second-order valence-electron chi connectivity index (χ2n) is 3.71. The lowest BCUT2D eigenvalue weighted by molar-refractivity contribution is 0.0696.